The van der Waals surface area contributed by atoms with Gasteiger partial charge in [-0.15, -0.1) is 0 Å². The Bertz CT molecular complexity index is 848. The number of aromatic amines is 1. The predicted octanol–water partition coefficient (Wildman–Crippen LogP) is 3.14. The Hall–Kier alpha value is -1.79. The SMILES string of the molecule is Cc1[nH]c2ccccc2c1C(=O)C(=O)NCC1(N2CCSCC2)CCCC1. The average molecular weight is 386 g/mol. The average Bonchev–Trinajstić information content (AvgIpc) is 3.30. The summed E-state index contributed by atoms with van der Waals surface area (Å²) < 4.78 is 0. The van der Waals surface area contributed by atoms with Crippen LogP contribution in [0.5, 0.6) is 0 Å². The summed E-state index contributed by atoms with van der Waals surface area (Å²) in [4.78, 5) is 31.4. The smallest absolute Gasteiger partial charge is 0.292 e. The van der Waals surface area contributed by atoms with Gasteiger partial charge in [-0.1, -0.05) is 31.0 Å². The maximum Gasteiger partial charge on any atom is 0.292 e. The first-order chi connectivity index (χ1) is 13.1. The summed E-state index contributed by atoms with van der Waals surface area (Å²) in [6.45, 7) is 4.58. The van der Waals surface area contributed by atoms with E-state index in [0.717, 1.165) is 54.0 Å². The van der Waals surface area contributed by atoms with Crippen molar-refractivity contribution in [1.29, 1.82) is 0 Å². The number of benzene rings is 1. The van der Waals surface area contributed by atoms with E-state index in [4.69, 9.17) is 0 Å². The van der Waals surface area contributed by atoms with Crippen LogP contribution < -0.4 is 5.32 Å². The molecule has 0 atom stereocenters. The highest BCUT2D eigenvalue weighted by molar-refractivity contribution is 7.99. The molecule has 2 aliphatic rings. The number of carbonyl (C=O) groups is 2. The minimum Gasteiger partial charge on any atom is -0.358 e. The highest BCUT2D eigenvalue weighted by atomic mass is 32.2. The minimum atomic E-state index is -0.486. The highest BCUT2D eigenvalue weighted by Crippen LogP contribution is 2.36. The Kier molecular flexibility index (Phi) is 5.28. The molecule has 1 aromatic carbocycles. The fraction of sp³-hybridized carbons (Fsp3) is 0.524. The number of nitrogens with zero attached hydrogens (tertiary/aromatic N) is 1. The summed E-state index contributed by atoms with van der Waals surface area (Å²) in [7, 11) is 0. The van der Waals surface area contributed by atoms with Crippen LogP contribution in [-0.2, 0) is 4.79 Å². The van der Waals surface area contributed by atoms with Gasteiger partial charge in [0, 0.05) is 53.3 Å². The molecule has 27 heavy (non-hydrogen) atoms. The van der Waals surface area contributed by atoms with Gasteiger partial charge in [-0.25, -0.2) is 0 Å². The van der Waals surface area contributed by atoms with Crippen LogP contribution >= 0.6 is 11.8 Å². The molecule has 0 unspecified atom stereocenters. The lowest BCUT2D eigenvalue weighted by Gasteiger charge is -2.43. The topological polar surface area (TPSA) is 65.2 Å². The summed E-state index contributed by atoms with van der Waals surface area (Å²) in [5.74, 6) is 1.39. The normalized spacial score (nSPS) is 20.0. The maximum atomic E-state index is 12.9. The van der Waals surface area contributed by atoms with Gasteiger partial charge in [0.1, 0.15) is 0 Å². The Labute approximate surface area is 164 Å². The molecule has 2 N–H and O–H groups in total. The number of hydrogen-bond acceptors (Lipinski definition) is 4. The van der Waals surface area contributed by atoms with Crippen molar-refractivity contribution in [2.45, 2.75) is 38.1 Å². The van der Waals surface area contributed by atoms with Gasteiger partial charge >= 0.3 is 0 Å². The van der Waals surface area contributed by atoms with Gasteiger partial charge < -0.3 is 10.3 Å². The minimum absolute atomic E-state index is 0.0339. The van der Waals surface area contributed by atoms with Gasteiger partial charge in [-0.05, 0) is 25.8 Å². The number of amides is 1. The first-order valence-corrected chi connectivity index (χ1v) is 11.0. The lowest BCUT2D eigenvalue weighted by molar-refractivity contribution is -0.117. The molecule has 2 aromatic rings. The summed E-state index contributed by atoms with van der Waals surface area (Å²) in [5, 5.41) is 3.81. The van der Waals surface area contributed by atoms with Crippen LogP contribution in [0.1, 0.15) is 41.7 Å². The molecule has 1 saturated heterocycles. The number of carbonyl (C=O) groups excluding carboxylic acids is 2. The molecule has 1 saturated carbocycles. The second-order valence-corrected chi connectivity index (χ2v) is 8.94. The number of Topliss-reactive ketones (excluding diaryl/α,β-unsaturated/α-hetero) is 1. The van der Waals surface area contributed by atoms with Crippen LogP contribution in [0.15, 0.2) is 24.3 Å². The van der Waals surface area contributed by atoms with Crippen LogP contribution in [0.2, 0.25) is 0 Å². The fourth-order valence-electron chi connectivity index (χ4n) is 4.68. The van der Waals surface area contributed by atoms with E-state index >= 15 is 0 Å². The Balaban J connectivity index is 1.49. The third kappa shape index (κ3) is 3.52. The van der Waals surface area contributed by atoms with Gasteiger partial charge in [0.2, 0.25) is 0 Å². The van der Waals surface area contributed by atoms with Crippen LogP contribution in [-0.4, -0.2) is 58.3 Å². The van der Waals surface area contributed by atoms with Crippen molar-refractivity contribution >= 4 is 34.4 Å². The lowest BCUT2D eigenvalue weighted by Crippen LogP contribution is -2.57. The molecular weight excluding hydrogens is 358 g/mol. The van der Waals surface area contributed by atoms with E-state index in [-0.39, 0.29) is 5.54 Å². The fourth-order valence-corrected chi connectivity index (χ4v) is 5.59. The first kappa shape index (κ1) is 18.6. The molecule has 2 heterocycles. The monoisotopic (exact) mass is 385 g/mol. The van der Waals surface area contributed by atoms with E-state index < -0.39 is 11.7 Å². The third-order valence-electron chi connectivity index (χ3n) is 6.12. The molecule has 144 valence electrons. The first-order valence-electron chi connectivity index (χ1n) is 9.83. The number of rotatable bonds is 5. The molecule has 0 radical (unpaired) electrons. The summed E-state index contributed by atoms with van der Waals surface area (Å²) in [5.41, 5.74) is 2.17. The maximum absolute atomic E-state index is 12.9. The van der Waals surface area contributed by atoms with E-state index in [1.807, 2.05) is 43.0 Å². The number of aryl methyl sites for hydroxylation is 1. The van der Waals surface area contributed by atoms with Crippen molar-refractivity contribution in [3.8, 4) is 0 Å². The van der Waals surface area contributed by atoms with E-state index in [1.165, 1.54) is 12.8 Å². The highest BCUT2D eigenvalue weighted by Gasteiger charge is 2.40. The number of aromatic nitrogens is 1. The van der Waals surface area contributed by atoms with Crippen LogP contribution in [0, 0.1) is 6.92 Å². The molecule has 6 heteroatoms. The van der Waals surface area contributed by atoms with Gasteiger partial charge in [-0.3, -0.25) is 14.5 Å². The van der Waals surface area contributed by atoms with E-state index in [9.17, 15) is 9.59 Å². The summed E-state index contributed by atoms with van der Waals surface area (Å²) in [6, 6.07) is 7.64. The van der Waals surface area contributed by atoms with Crippen LogP contribution in [0.3, 0.4) is 0 Å². The number of nitrogens with one attached hydrogen (secondary N) is 2. The Morgan fingerprint density at radius 1 is 1.19 bits per heavy atom. The third-order valence-corrected chi connectivity index (χ3v) is 7.06. The van der Waals surface area contributed by atoms with Crippen molar-refractivity contribution in [2.75, 3.05) is 31.1 Å². The van der Waals surface area contributed by atoms with Crippen molar-refractivity contribution in [1.82, 2.24) is 15.2 Å². The predicted molar refractivity (Wildman–Crippen MR) is 110 cm³/mol. The molecule has 4 rings (SSSR count). The second-order valence-electron chi connectivity index (χ2n) is 7.71. The van der Waals surface area contributed by atoms with Crippen molar-refractivity contribution in [3.05, 3.63) is 35.5 Å². The lowest BCUT2D eigenvalue weighted by atomic mass is 9.94. The standard InChI is InChI=1S/C21H27N3O2S/c1-15-18(16-6-2-3-7-17(16)23-15)19(25)20(26)22-14-21(8-4-5-9-21)24-10-12-27-13-11-24/h2-3,6-7,23H,4-5,8-14H2,1H3,(H,22,26). The molecule has 1 aliphatic carbocycles. The van der Waals surface area contributed by atoms with Crippen LogP contribution in [0.25, 0.3) is 10.9 Å². The number of para-hydroxylation sites is 1. The number of fused-ring (bicyclic) bond motifs is 1. The molecule has 5 nitrogen and oxygen atoms in total. The van der Waals surface area contributed by atoms with E-state index in [0.29, 0.717) is 12.1 Å². The second kappa shape index (κ2) is 7.68. The van der Waals surface area contributed by atoms with Crippen molar-refractivity contribution in [3.63, 3.8) is 0 Å². The van der Waals surface area contributed by atoms with Gasteiger partial charge in [0.05, 0.1) is 5.56 Å². The largest absolute Gasteiger partial charge is 0.358 e. The Morgan fingerprint density at radius 2 is 1.89 bits per heavy atom. The zero-order valence-corrected chi connectivity index (χ0v) is 16.7. The molecule has 1 aromatic heterocycles. The van der Waals surface area contributed by atoms with Gasteiger partial charge in [0.15, 0.2) is 0 Å². The number of thioether (sulfide) groups is 1. The molecule has 1 amide bonds. The molecule has 2 fully saturated rings. The molecule has 0 spiro atoms. The summed E-state index contributed by atoms with van der Waals surface area (Å²) >= 11 is 2.00. The van der Waals surface area contributed by atoms with E-state index in [2.05, 4.69) is 15.2 Å². The van der Waals surface area contributed by atoms with Crippen molar-refractivity contribution in [2.24, 2.45) is 0 Å². The quantitative estimate of drug-likeness (QED) is 0.613. The van der Waals surface area contributed by atoms with Crippen molar-refractivity contribution < 1.29 is 9.59 Å². The molecule has 1 aliphatic heterocycles. The number of hydrogen-bond donors (Lipinski definition) is 2. The molecular formula is C21H27N3O2S. The Morgan fingerprint density at radius 3 is 2.63 bits per heavy atom. The van der Waals surface area contributed by atoms with Gasteiger partial charge in [0.25, 0.3) is 11.7 Å². The number of ketones is 1. The number of H-pyrrole nitrogens is 1. The van der Waals surface area contributed by atoms with Gasteiger partial charge in [-0.2, -0.15) is 11.8 Å². The zero-order valence-electron chi connectivity index (χ0n) is 15.8. The summed E-state index contributed by atoms with van der Waals surface area (Å²) in [6.07, 6.45) is 4.63. The van der Waals surface area contributed by atoms with Crippen LogP contribution in [0.4, 0.5) is 0 Å². The zero-order chi connectivity index (χ0) is 18.9. The van der Waals surface area contributed by atoms with E-state index in [1.54, 1.807) is 0 Å². The molecule has 0 bridgehead atoms.